The molecule has 0 aliphatic rings. The molecule has 1 atom stereocenters. The van der Waals surface area contributed by atoms with E-state index < -0.39 is 18.5 Å². The van der Waals surface area contributed by atoms with E-state index in [-0.39, 0.29) is 22.8 Å². The number of rotatable bonds is 5. The van der Waals surface area contributed by atoms with Crippen molar-refractivity contribution in [2.45, 2.75) is 13.0 Å². The quantitative estimate of drug-likeness (QED) is 0.679. The molecule has 1 amide bonds. The Morgan fingerprint density at radius 1 is 1.15 bits per heavy atom. The van der Waals surface area contributed by atoms with Gasteiger partial charge in [-0.05, 0) is 30.7 Å². The fourth-order valence-electron chi connectivity index (χ4n) is 2.59. The molecular formula is C20H16ClNO5. The highest BCUT2D eigenvalue weighted by Gasteiger charge is 2.17. The molecule has 27 heavy (non-hydrogen) atoms. The average Bonchev–Trinajstić information content (AvgIpc) is 2.66. The first-order valence-electron chi connectivity index (χ1n) is 8.19. The molecular weight excluding hydrogens is 370 g/mol. The molecule has 138 valence electrons. The van der Waals surface area contributed by atoms with Gasteiger partial charge in [-0.15, -0.1) is 0 Å². The summed E-state index contributed by atoms with van der Waals surface area (Å²) in [5.41, 5.74) is 0.661. The number of halogens is 1. The molecule has 0 saturated carbocycles. The van der Waals surface area contributed by atoms with Gasteiger partial charge < -0.3 is 14.5 Å². The second-order valence-electron chi connectivity index (χ2n) is 5.86. The maximum atomic E-state index is 12.1. The van der Waals surface area contributed by atoms with Crippen LogP contribution in [0.25, 0.3) is 11.0 Å². The van der Waals surface area contributed by atoms with Gasteiger partial charge in [0.1, 0.15) is 5.58 Å². The van der Waals surface area contributed by atoms with Crippen LogP contribution in [0.3, 0.4) is 0 Å². The highest BCUT2D eigenvalue weighted by molar-refractivity contribution is 6.31. The van der Waals surface area contributed by atoms with Gasteiger partial charge in [0.25, 0.3) is 5.91 Å². The lowest BCUT2D eigenvalue weighted by atomic mass is 10.1. The Balaban J connectivity index is 1.63. The Hall–Kier alpha value is -3.12. The Morgan fingerprint density at radius 2 is 1.85 bits per heavy atom. The molecule has 0 radical (unpaired) electrons. The summed E-state index contributed by atoms with van der Waals surface area (Å²) < 4.78 is 10.3. The van der Waals surface area contributed by atoms with E-state index in [0.717, 1.165) is 11.6 Å². The first-order chi connectivity index (χ1) is 13.0. The van der Waals surface area contributed by atoms with Crippen molar-refractivity contribution in [1.82, 2.24) is 5.32 Å². The smallest absolute Gasteiger partial charge is 0.374 e. The fraction of sp³-hybridized carbons (Fsp3) is 0.150. The van der Waals surface area contributed by atoms with Crippen molar-refractivity contribution in [3.63, 3.8) is 0 Å². The number of para-hydroxylation sites is 1. The summed E-state index contributed by atoms with van der Waals surface area (Å²) in [7, 11) is 0. The highest BCUT2D eigenvalue weighted by atomic mass is 35.5. The summed E-state index contributed by atoms with van der Waals surface area (Å²) >= 11 is 6.09. The summed E-state index contributed by atoms with van der Waals surface area (Å²) in [6.07, 6.45) is 0. The minimum atomic E-state index is -0.890. The maximum absolute atomic E-state index is 12.1. The average molecular weight is 386 g/mol. The van der Waals surface area contributed by atoms with Crippen LogP contribution in [0, 0.1) is 0 Å². The van der Waals surface area contributed by atoms with Crippen molar-refractivity contribution in [2.75, 3.05) is 6.61 Å². The molecule has 0 fully saturated rings. The Bertz CT molecular complexity index is 1060. The summed E-state index contributed by atoms with van der Waals surface area (Å²) in [6.45, 7) is 1.26. The fourth-order valence-corrected chi connectivity index (χ4v) is 2.89. The van der Waals surface area contributed by atoms with Gasteiger partial charge in [-0.2, -0.15) is 0 Å². The van der Waals surface area contributed by atoms with E-state index in [1.807, 2.05) is 6.07 Å². The van der Waals surface area contributed by atoms with Gasteiger partial charge in [0.15, 0.2) is 12.0 Å². The number of nitrogens with one attached hydrogen (secondary N) is 1. The summed E-state index contributed by atoms with van der Waals surface area (Å²) in [4.78, 5) is 36.1. The predicted octanol–water partition coefficient (Wildman–Crippen LogP) is 3.48. The van der Waals surface area contributed by atoms with Crippen molar-refractivity contribution in [2.24, 2.45) is 0 Å². The number of benzene rings is 2. The Morgan fingerprint density at radius 3 is 2.63 bits per heavy atom. The van der Waals surface area contributed by atoms with Crippen LogP contribution in [0.2, 0.25) is 5.02 Å². The van der Waals surface area contributed by atoms with Gasteiger partial charge >= 0.3 is 5.97 Å². The van der Waals surface area contributed by atoms with Crippen LogP contribution in [0.15, 0.2) is 63.8 Å². The lowest BCUT2D eigenvalue weighted by Gasteiger charge is -2.15. The normalized spacial score (nSPS) is 11.8. The first kappa shape index (κ1) is 18.7. The number of hydrogen-bond donors (Lipinski definition) is 1. The van der Waals surface area contributed by atoms with Crippen LogP contribution in [-0.2, 0) is 9.53 Å². The molecule has 0 unspecified atom stereocenters. The molecule has 3 aromatic rings. The van der Waals surface area contributed by atoms with Gasteiger partial charge in [-0.1, -0.05) is 41.9 Å². The molecule has 7 heteroatoms. The van der Waals surface area contributed by atoms with E-state index in [4.69, 9.17) is 20.8 Å². The van der Waals surface area contributed by atoms with Crippen LogP contribution >= 0.6 is 11.6 Å². The standard InChI is InChI=1S/C20H16ClNO5/c1-12(13-6-2-4-8-15(13)21)22-19(24)11-26-20(25)18-10-16(23)14-7-3-5-9-17(14)27-18/h2-10,12H,11H2,1H3,(H,22,24)/t12-/m0/s1. The zero-order valence-corrected chi connectivity index (χ0v) is 15.2. The molecule has 0 aliphatic carbocycles. The number of hydrogen-bond acceptors (Lipinski definition) is 5. The first-order valence-corrected chi connectivity index (χ1v) is 8.57. The molecule has 0 bridgehead atoms. The largest absolute Gasteiger partial charge is 0.450 e. The van der Waals surface area contributed by atoms with Crippen LogP contribution in [0.4, 0.5) is 0 Å². The third kappa shape index (κ3) is 4.35. The van der Waals surface area contributed by atoms with E-state index in [2.05, 4.69) is 5.32 Å². The zero-order valence-electron chi connectivity index (χ0n) is 14.4. The molecule has 6 nitrogen and oxygen atoms in total. The van der Waals surface area contributed by atoms with Crippen molar-refractivity contribution in [3.05, 3.63) is 81.2 Å². The van der Waals surface area contributed by atoms with E-state index in [1.165, 1.54) is 0 Å². The number of carbonyl (C=O) groups excluding carboxylic acids is 2. The minimum Gasteiger partial charge on any atom is -0.450 e. The third-order valence-corrected chi connectivity index (χ3v) is 4.26. The molecule has 1 N–H and O–H groups in total. The summed E-state index contributed by atoms with van der Waals surface area (Å²) in [5.74, 6) is -1.65. The van der Waals surface area contributed by atoms with Crippen molar-refractivity contribution in [3.8, 4) is 0 Å². The van der Waals surface area contributed by atoms with Gasteiger partial charge in [0.2, 0.25) is 5.76 Å². The van der Waals surface area contributed by atoms with Crippen LogP contribution < -0.4 is 10.7 Å². The number of fused-ring (bicyclic) bond motifs is 1. The van der Waals surface area contributed by atoms with Crippen LogP contribution in [0.5, 0.6) is 0 Å². The van der Waals surface area contributed by atoms with E-state index in [0.29, 0.717) is 10.4 Å². The van der Waals surface area contributed by atoms with Crippen molar-refractivity contribution < 1.29 is 18.7 Å². The van der Waals surface area contributed by atoms with Crippen LogP contribution in [0.1, 0.15) is 29.1 Å². The van der Waals surface area contributed by atoms with Gasteiger partial charge in [0.05, 0.1) is 11.4 Å². The lowest BCUT2D eigenvalue weighted by Crippen LogP contribution is -2.31. The molecule has 1 heterocycles. The van der Waals surface area contributed by atoms with Crippen LogP contribution in [-0.4, -0.2) is 18.5 Å². The zero-order chi connectivity index (χ0) is 19.4. The monoisotopic (exact) mass is 385 g/mol. The summed E-state index contributed by atoms with van der Waals surface area (Å²) in [5, 5.41) is 3.58. The predicted molar refractivity (Wildman–Crippen MR) is 101 cm³/mol. The number of carbonyl (C=O) groups is 2. The SMILES string of the molecule is C[C@H](NC(=O)COC(=O)c1cc(=O)c2ccccc2o1)c1ccccc1Cl. The van der Waals surface area contributed by atoms with Gasteiger partial charge in [0, 0.05) is 11.1 Å². The number of amides is 1. The lowest BCUT2D eigenvalue weighted by molar-refractivity contribution is -0.124. The molecule has 0 spiro atoms. The molecule has 1 aromatic heterocycles. The van der Waals surface area contributed by atoms with Crippen molar-refractivity contribution >= 4 is 34.4 Å². The Labute approximate surface area is 159 Å². The maximum Gasteiger partial charge on any atom is 0.374 e. The number of ether oxygens (including phenoxy) is 1. The van der Waals surface area contributed by atoms with Crippen molar-refractivity contribution in [1.29, 1.82) is 0 Å². The molecule has 2 aromatic carbocycles. The van der Waals surface area contributed by atoms with E-state index >= 15 is 0 Å². The van der Waals surface area contributed by atoms with Gasteiger partial charge in [-0.3, -0.25) is 9.59 Å². The molecule has 3 rings (SSSR count). The Kier molecular flexibility index (Phi) is 5.57. The van der Waals surface area contributed by atoms with Gasteiger partial charge in [-0.25, -0.2) is 4.79 Å². The second-order valence-corrected chi connectivity index (χ2v) is 6.27. The number of esters is 1. The van der Waals surface area contributed by atoms with E-state index in [1.54, 1.807) is 49.4 Å². The minimum absolute atomic E-state index is 0.259. The third-order valence-electron chi connectivity index (χ3n) is 3.92. The summed E-state index contributed by atoms with van der Waals surface area (Å²) in [6, 6.07) is 14.4. The molecule has 0 saturated heterocycles. The molecule has 0 aliphatic heterocycles. The topological polar surface area (TPSA) is 85.6 Å². The second kappa shape index (κ2) is 8.05. The highest BCUT2D eigenvalue weighted by Crippen LogP contribution is 2.22. The van der Waals surface area contributed by atoms with E-state index in [9.17, 15) is 14.4 Å².